The van der Waals surface area contributed by atoms with Crippen molar-refractivity contribution in [3.05, 3.63) is 40.4 Å². The van der Waals surface area contributed by atoms with E-state index in [9.17, 15) is 4.79 Å². The Morgan fingerprint density at radius 3 is 2.29 bits per heavy atom. The molecule has 0 fully saturated rings. The number of benzene rings is 1. The molecule has 1 aromatic carbocycles. The van der Waals surface area contributed by atoms with Crippen LogP contribution in [0.2, 0.25) is 5.02 Å². The highest BCUT2D eigenvalue weighted by molar-refractivity contribution is 6.30. The fourth-order valence-corrected chi connectivity index (χ4v) is 1.70. The summed E-state index contributed by atoms with van der Waals surface area (Å²) in [7, 11) is 0. The van der Waals surface area contributed by atoms with E-state index in [2.05, 4.69) is 0 Å². The fourth-order valence-electron chi connectivity index (χ4n) is 1.57. The highest BCUT2D eigenvalue weighted by Gasteiger charge is 2.10. The monoisotopic (exact) mass is 252 g/mol. The predicted octanol–water partition coefficient (Wildman–Crippen LogP) is 4.09. The third-order valence-electron chi connectivity index (χ3n) is 2.42. The van der Waals surface area contributed by atoms with Gasteiger partial charge in [-0.3, -0.25) is 4.79 Å². The van der Waals surface area contributed by atoms with E-state index >= 15 is 0 Å². The third kappa shape index (κ3) is 4.23. The Bertz CT molecular complexity index is 414. The zero-order valence-electron chi connectivity index (χ0n) is 10.4. The summed E-state index contributed by atoms with van der Waals surface area (Å²) in [6.07, 6.45) is 0.303. The maximum atomic E-state index is 11.5. The molecule has 1 rings (SSSR count). The number of ether oxygens (including phenoxy) is 1. The van der Waals surface area contributed by atoms with E-state index in [0.717, 1.165) is 16.7 Å². The molecule has 0 aliphatic heterocycles. The minimum absolute atomic E-state index is 0.196. The molecule has 0 amide bonds. The van der Waals surface area contributed by atoms with Gasteiger partial charge < -0.3 is 4.74 Å². The first-order valence-electron chi connectivity index (χ1n) is 5.62. The van der Waals surface area contributed by atoms with Crippen molar-refractivity contribution in [3.8, 4) is 0 Å². The molecule has 0 N–H and O–H groups in total. The summed E-state index contributed by atoms with van der Waals surface area (Å²) in [5.41, 5.74) is 3.13. The Kier molecular flexibility index (Phi) is 5.23. The van der Waals surface area contributed by atoms with Crippen molar-refractivity contribution in [2.75, 3.05) is 6.61 Å². The van der Waals surface area contributed by atoms with Crippen LogP contribution in [-0.2, 0) is 9.53 Å². The number of hydrogen-bond acceptors (Lipinski definition) is 2. The number of hydrogen-bond donors (Lipinski definition) is 0. The molecule has 0 radical (unpaired) electrons. The van der Waals surface area contributed by atoms with E-state index in [4.69, 9.17) is 16.3 Å². The summed E-state index contributed by atoms with van der Waals surface area (Å²) in [5, 5.41) is 0.693. The number of halogens is 1. The van der Waals surface area contributed by atoms with Gasteiger partial charge in [0.05, 0.1) is 13.0 Å². The van der Waals surface area contributed by atoms with E-state index in [0.29, 0.717) is 18.1 Å². The highest BCUT2D eigenvalue weighted by Crippen LogP contribution is 2.24. The molecule has 0 atom stereocenters. The topological polar surface area (TPSA) is 26.3 Å². The molecule has 0 saturated carbocycles. The molecule has 1 aromatic rings. The molecule has 0 bridgehead atoms. The second-order valence-corrected chi connectivity index (χ2v) is 4.40. The molecule has 0 aliphatic rings. The highest BCUT2D eigenvalue weighted by atomic mass is 35.5. The maximum absolute atomic E-state index is 11.5. The van der Waals surface area contributed by atoms with E-state index in [-0.39, 0.29) is 5.97 Å². The lowest BCUT2D eigenvalue weighted by Gasteiger charge is -2.10. The van der Waals surface area contributed by atoms with Gasteiger partial charge in [-0.05, 0) is 44.0 Å². The number of carbonyl (C=O) groups is 1. The van der Waals surface area contributed by atoms with Gasteiger partial charge in [-0.15, -0.1) is 0 Å². The van der Waals surface area contributed by atoms with Crippen LogP contribution in [0.25, 0.3) is 5.57 Å². The molecular formula is C14H17ClO2. The van der Waals surface area contributed by atoms with Gasteiger partial charge >= 0.3 is 5.97 Å². The minimum Gasteiger partial charge on any atom is -0.466 e. The molecule has 0 heterocycles. The van der Waals surface area contributed by atoms with Crippen molar-refractivity contribution in [2.45, 2.75) is 27.2 Å². The van der Waals surface area contributed by atoms with Crippen LogP contribution in [0, 0.1) is 0 Å². The molecule has 0 spiro atoms. The van der Waals surface area contributed by atoms with Crippen molar-refractivity contribution in [1.82, 2.24) is 0 Å². The maximum Gasteiger partial charge on any atom is 0.310 e. The molecular weight excluding hydrogens is 236 g/mol. The molecule has 0 unspecified atom stereocenters. The van der Waals surface area contributed by atoms with Crippen molar-refractivity contribution < 1.29 is 9.53 Å². The van der Waals surface area contributed by atoms with Gasteiger partial charge in [0.25, 0.3) is 0 Å². The van der Waals surface area contributed by atoms with Gasteiger partial charge in [0, 0.05) is 5.02 Å². The van der Waals surface area contributed by atoms with Crippen LogP contribution in [0.15, 0.2) is 29.8 Å². The fraction of sp³-hybridized carbons (Fsp3) is 0.357. The van der Waals surface area contributed by atoms with Gasteiger partial charge in [-0.2, -0.15) is 0 Å². The lowest BCUT2D eigenvalue weighted by molar-refractivity contribution is -0.141. The average Bonchev–Trinajstić information content (AvgIpc) is 2.27. The van der Waals surface area contributed by atoms with Gasteiger partial charge in [0.15, 0.2) is 0 Å². The van der Waals surface area contributed by atoms with E-state index in [1.54, 1.807) is 0 Å². The quantitative estimate of drug-likeness (QED) is 0.755. The molecule has 3 heteroatoms. The summed E-state index contributed by atoms with van der Waals surface area (Å²) in [6, 6.07) is 7.49. The van der Waals surface area contributed by atoms with Crippen LogP contribution in [0.3, 0.4) is 0 Å². The largest absolute Gasteiger partial charge is 0.466 e. The molecule has 0 aliphatic carbocycles. The van der Waals surface area contributed by atoms with E-state index < -0.39 is 0 Å². The molecule has 17 heavy (non-hydrogen) atoms. The van der Waals surface area contributed by atoms with Crippen LogP contribution in [0.4, 0.5) is 0 Å². The first-order valence-corrected chi connectivity index (χ1v) is 6.00. The van der Waals surface area contributed by atoms with Crippen molar-refractivity contribution >= 4 is 23.1 Å². The van der Waals surface area contributed by atoms with E-state index in [1.807, 2.05) is 45.0 Å². The van der Waals surface area contributed by atoms with E-state index in [1.165, 1.54) is 0 Å². The Balaban J connectivity index is 2.92. The molecule has 0 saturated heterocycles. The first-order chi connectivity index (χ1) is 8.04. The third-order valence-corrected chi connectivity index (χ3v) is 2.67. The minimum atomic E-state index is -0.196. The zero-order valence-corrected chi connectivity index (χ0v) is 11.2. The summed E-state index contributed by atoms with van der Waals surface area (Å²) in [5.74, 6) is -0.196. The number of rotatable bonds is 4. The van der Waals surface area contributed by atoms with Gasteiger partial charge in [-0.25, -0.2) is 0 Å². The van der Waals surface area contributed by atoms with Crippen molar-refractivity contribution in [2.24, 2.45) is 0 Å². The standard InChI is InChI=1S/C14H17ClO2/c1-4-17-14(16)9-13(10(2)3)11-5-7-12(15)8-6-11/h5-8H,4,9H2,1-3H3. The Labute approximate surface area is 107 Å². The number of esters is 1. The summed E-state index contributed by atoms with van der Waals surface area (Å²) < 4.78 is 4.97. The Hall–Kier alpha value is -1.28. The molecule has 92 valence electrons. The summed E-state index contributed by atoms with van der Waals surface area (Å²) >= 11 is 5.84. The SMILES string of the molecule is CCOC(=O)CC(=C(C)C)c1ccc(Cl)cc1. The smallest absolute Gasteiger partial charge is 0.310 e. The van der Waals surface area contributed by atoms with Gasteiger partial charge in [0.2, 0.25) is 0 Å². The molecule has 2 nitrogen and oxygen atoms in total. The average molecular weight is 253 g/mol. The van der Waals surface area contributed by atoms with Crippen LogP contribution in [0.1, 0.15) is 32.8 Å². The van der Waals surface area contributed by atoms with Crippen LogP contribution < -0.4 is 0 Å². The lowest BCUT2D eigenvalue weighted by Crippen LogP contribution is -2.05. The zero-order chi connectivity index (χ0) is 12.8. The number of allylic oxidation sites excluding steroid dienone is 1. The number of carbonyl (C=O) groups excluding carboxylic acids is 1. The lowest BCUT2D eigenvalue weighted by atomic mass is 9.98. The van der Waals surface area contributed by atoms with Gasteiger partial charge in [-0.1, -0.05) is 29.3 Å². The summed E-state index contributed by atoms with van der Waals surface area (Å²) in [4.78, 5) is 11.5. The van der Waals surface area contributed by atoms with Crippen LogP contribution in [-0.4, -0.2) is 12.6 Å². The Morgan fingerprint density at radius 2 is 1.82 bits per heavy atom. The Morgan fingerprint density at radius 1 is 1.24 bits per heavy atom. The predicted molar refractivity (Wildman–Crippen MR) is 71.0 cm³/mol. The molecule has 0 aromatic heterocycles. The van der Waals surface area contributed by atoms with Gasteiger partial charge in [0.1, 0.15) is 0 Å². The summed E-state index contributed by atoms with van der Waals surface area (Å²) in [6.45, 7) is 6.20. The van der Waals surface area contributed by atoms with Crippen molar-refractivity contribution in [3.63, 3.8) is 0 Å². The second-order valence-electron chi connectivity index (χ2n) is 3.97. The normalized spacial score (nSPS) is 9.88. The second kappa shape index (κ2) is 6.45. The first kappa shape index (κ1) is 13.8. The van der Waals surface area contributed by atoms with Crippen molar-refractivity contribution in [1.29, 1.82) is 0 Å². The van der Waals surface area contributed by atoms with Crippen LogP contribution in [0.5, 0.6) is 0 Å². The van der Waals surface area contributed by atoms with Crippen LogP contribution >= 0.6 is 11.6 Å².